The minimum atomic E-state index is -0.0714. The predicted octanol–water partition coefficient (Wildman–Crippen LogP) is 2.27. The summed E-state index contributed by atoms with van der Waals surface area (Å²) in [6.45, 7) is 10.8. The van der Waals surface area contributed by atoms with Crippen molar-refractivity contribution in [3.05, 3.63) is 46.3 Å². The molecule has 27 heavy (non-hydrogen) atoms. The van der Waals surface area contributed by atoms with Crippen LogP contribution >= 0.6 is 0 Å². The van der Waals surface area contributed by atoms with Crippen LogP contribution in [0, 0.1) is 12.8 Å². The summed E-state index contributed by atoms with van der Waals surface area (Å²) in [4.78, 5) is 23.4. The highest BCUT2D eigenvalue weighted by Gasteiger charge is 2.31. The molecule has 0 atom stereocenters. The van der Waals surface area contributed by atoms with Crippen LogP contribution in [0.25, 0.3) is 11.0 Å². The summed E-state index contributed by atoms with van der Waals surface area (Å²) in [6, 6.07) is 5.55. The van der Waals surface area contributed by atoms with E-state index in [0.717, 1.165) is 35.6 Å². The molecule has 0 aromatic carbocycles. The van der Waals surface area contributed by atoms with Crippen molar-refractivity contribution in [2.75, 3.05) is 18.0 Å². The lowest BCUT2D eigenvalue weighted by molar-refractivity contribution is 0.328. The van der Waals surface area contributed by atoms with E-state index in [4.69, 9.17) is 0 Å². The summed E-state index contributed by atoms with van der Waals surface area (Å²) in [5.74, 6) is 1.35. The Hall–Kier alpha value is -2.70. The van der Waals surface area contributed by atoms with Gasteiger partial charge < -0.3 is 9.47 Å². The van der Waals surface area contributed by atoms with Gasteiger partial charge in [0, 0.05) is 43.2 Å². The van der Waals surface area contributed by atoms with E-state index in [1.54, 1.807) is 17.1 Å². The van der Waals surface area contributed by atoms with Crippen LogP contribution in [0.5, 0.6) is 0 Å². The zero-order valence-corrected chi connectivity index (χ0v) is 16.6. The van der Waals surface area contributed by atoms with Gasteiger partial charge in [-0.1, -0.05) is 20.8 Å². The van der Waals surface area contributed by atoms with E-state index in [9.17, 15) is 4.79 Å². The molecule has 0 spiro atoms. The van der Waals surface area contributed by atoms with Crippen LogP contribution in [0.1, 0.15) is 32.2 Å². The number of hydrogen-bond donors (Lipinski definition) is 0. The third-order valence-corrected chi connectivity index (χ3v) is 5.36. The highest BCUT2D eigenvalue weighted by atomic mass is 16.1. The first-order valence-electron chi connectivity index (χ1n) is 9.34. The number of aryl methyl sites for hydroxylation is 2. The third kappa shape index (κ3) is 3.11. The van der Waals surface area contributed by atoms with Crippen molar-refractivity contribution >= 4 is 16.9 Å². The number of aromatic nitrogens is 5. The Kier molecular flexibility index (Phi) is 4.05. The summed E-state index contributed by atoms with van der Waals surface area (Å²) in [6.07, 6.45) is 1.63. The van der Waals surface area contributed by atoms with Gasteiger partial charge in [-0.3, -0.25) is 4.79 Å². The van der Waals surface area contributed by atoms with Gasteiger partial charge in [0.1, 0.15) is 11.8 Å². The molecule has 7 nitrogen and oxygen atoms in total. The number of rotatable bonds is 3. The maximum atomic E-state index is 12.2. The molecule has 7 heteroatoms. The molecule has 0 bridgehead atoms. The molecule has 0 N–H and O–H groups in total. The Balaban J connectivity index is 1.52. The first kappa shape index (κ1) is 17.7. The van der Waals surface area contributed by atoms with Gasteiger partial charge in [-0.25, -0.2) is 14.6 Å². The molecule has 1 fully saturated rings. The minimum Gasteiger partial charge on any atom is -0.354 e. The Bertz CT molecular complexity index is 1050. The molecule has 0 radical (unpaired) electrons. The van der Waals surface area contributed by atoms with Crippen LogP contribution in [0.4, 0.5) is 5.82 Å². The van der Waals surface area contributed by atoms with Gasteiger partial charge in [0.05, 0.1) is 17.8 Å². The Labute approximate surface area is 158 Å². The molecular weight excluding hydrogens is 340 g/mol. The molecular formula is C20H26N6O. The molecule has 1 aliphatic heterocycles. The number of fused-ring (bicyclic) bond motifs is 1. The molecule has 1 saturated heterocycles. The molecule has 0 aliphatic carbocycles. The monoisotopic (exact) mass is 366 g/mol. The molecule has 0 saturated carbocycles. The summed E-state index contributed by atoms with van der Waals surface area (Å²) in [5, 5.41) is 4.59. The molecule has 0 amide bonds. The van der Waals surface area contributed by atoms with Crippen molar-refractivity contribution in [3.8, 4) is 0 Å². The normalized spacial score (nSPS) is 15.4. The zero-order valence-electron chi connectivity index (χ0n) is 16.6. The lowest BCUT2D eigenvalue weighted by atomic mass is 9.92. The van der Waals surface area contributed by atoms with Crippen molar-refractivity contribution in [1.29, 1.82) is 0 Å². The van der Waals surface area contributed by atoms with Gasteiger partial charge in [0.15, 0.2) is 5.82 Å². The smallest absolute Gasteiger partial charge is 0.266 e. The van der Waals surface area contributed by atoms with Crippen LogP contribution < -0.4 is 10.5 Å². The van der Waals surface area contributed by atoms with Gasteiger partial charge in [-0.2, -0.15) is 5.10 Å². The number of hydrogen-bond acceptors (Lipinski definition) is 5. The van der Waals surface area contributed by atoms with Crippen molar-refractivity contribution in [1.82, 2.24) is 24.3 Å². The Morgan fingerprint density at radius 1 is 1.19 bits per heavy atom. The van der Waals surface area contributed by atoms with Crippen molar-refractivity contribution < 1.29 is 0 Å². The largest absolute Gasteiger partial charge is 0.354 e. The average molecular weight is 366 g/mol. The molecule has 4 rings (SSSR count). The second-order valence-electron chi connectivity index (χ2n) is 8.54. The van der Waals surface area contributed by atoms with E-state index in [0.29, 0.717) is 12.5 Å². The fourth-order valence-electron chi connectivity index (χ4n) is 3.60. The highest BCUT2D eigenvalue weighted by molar-refractivity contribution is 5.87. The van der Waals surface area contributed by atoms with Gasteiger partial charge >= 0.3 is 0 Å². The standard InChI is InChI=1S/C20H26N6O/c1-13-8-15-18(24(13)5)19(22-12-21-15)25-9-14(10-25)11-26-17(27)7-6-16(23-26)20(2,3)4/h6-8,12,14H,9-11H2,1-5H3. The molecule has 3 aromatic rings. The third-order valence-electron chi connectivity index (χ3n) is 5.36. The number of anilines is 1. The maximum absolute atomic E-state index is 12.2. The Morgan fingerprint density at radius 3 is 2.63 bits per heavy atom. The van der Waals surface area contributed by atoms with Gasteiger partial charge in [0.25, 0.3) is 5.56 Å². The van der Waals surface area contributed by atoms with Gasteiger partial charge in [0.2, 0.25) is 0 Å². The van der Waals surface area contributed by atoms with Crippen LogP contribution in [0.15, 0.2) is 29.3 Å². The second-order valence-corrected chi connectivity index (χ2v) is 8.54. The second kappa shape index (κ2) is 6.18. The molecule has 142 valence electrons. The van der Waals surface area contributed by atoms with Gasteiger partial charge in [-0.15, -0.1) is 0 Å². The van der Waals surface area contributed by atoms with E-state index < -0.39 is 0 Å². The Morgan fingerprint density at radius 2 is 1.93 bits per heavy atom. The summed E-state index contributed by atoms with van der Waals surface area (Å²) >= 11 is 0. The highest BCUT2D eigenvalue weighted by Crippen LogP contribution is 2.30. The van der Waals surface area contributed by atoms with E-state index in [1.807, 2.05) is 13.1 Å². The molecule has 1 aliphatic rings. The summed E-state index contributed by atoms with van der Waals surface area (Å²) in [7, 11) is 2.04. The average Bonchev–Trinajstić information content (AvgIpc) is 2.86. The zero-order chi connectivity index (χ0) is 19.3. The molecule has 3 aromatic heterocycles. The van der Waals surface area contributed by atoms with Crippen LogP contribution in [0.3, 0.4) is 0 Å². The first-order valence-corrected chi connectivity index (χ1v) is 9.34. The fourth-order valence-corrected chi connectivity index (χ4v) is 3.60. The van der Waals surface area contributed by atoms with Crippen molar-refractivity contribution in [2.45, 2.75) is 39.7 Å². The SMILES string of the molecule is Cc1cc2ncnc(N3CC(Cn4nc(C(C)(C)C)ccc4=O)C3)c2n1C. The van der Waals surface area contributed by atoms with E-state index >= 15 is 0 Å². The van der Waals surface area contributed by atoms with Crippen LogP contribution in [0.2, 0.25) is 0 Å². The lowest BCUT2D eigenvalue weighted by Crippen LogP contribution is -2.50. The lowest BCUT2D eigenvalue weighted by Gasteiger charge is -2.40. The van der Waals surface area contributed by atoms with E-state index in [2.05, 4.69) is 58.3 Å². The predicted molar refractivity (Wildman–Crippen MR) is 106 cm³/mol. The topological polar surface area (TPSA) is 68.8 Å². The minimum absolute atomic E-state index is 0.0380. The molecule has 4 heterocycles. The van der Waals surface area contributed by atoms with E-state index in [-0.39, 0.29) is 11.0 Å². The summed E-state index contributed by atoms with van der Waals surface area (Å²) < 4.78 is 3.75. The number of nitrogens with zero attached hydrogens (tertiary/aromatic N) is 6. The quantitative estimate of drug-likeness (QED) is 0.711. The first-order chi connectivity index (χ1) is 12.7. The van der Waals surface area contributed by atoms with Gasteiger partial charge in [-0.05, 0) is 19.1 Å². The van der Waals surface area contributed by atoms with Crippen molar-refractivity contribution in [3.63, 3.8) is 0 Å². The van der Waals surface area contributed by atoms with Crippen LogP contribution in [-0.2, 0) is 19.0 Å². The van der Waals surface area contributed by atoms with Crippen LogP contribution in [-0.4, -0.2) is 37.4 Å². The van der Waals surface area contributed by atoms with E-state index in [1.165, 1.54) is 5.69 Å². The fraction of sp³-hybridized carbons (Fsp3) is 0.500. The maximum Gasteiger partial charge on any atom is 0.266 e. The molecule has 0 unspecified atom stereocenters. The van der Waals surface area contributed by atoms with Crippen molar-refractivity contribution in [2.24, 2.45) is 13.0 Å². The summed E-state index contributed by atoms with van der Waals surface area (Å²) in [5.41, 5.74) is 4.04.